The molecule has 4 bridgehead atoms. The molecule has 1 heteroatoms. The van der Waals surface area contributed by atoms with Crippen LogP contribution in [0.4, 0.5) is 0 Å². The van der Waals surface area contributed by atoms with Gasteiger partial charge in [0.2, 0.25) is 0 Å². The molecule has 1 nitrogen and oxygen atoms in total. The quantitative estimate of drug-likeness (QED) is 0.598. The minimum Gasteiger partial charge on any atom is -0.369 e. The summed E-state index contributed by atoms with van der Waals surface area (Å²) in [5.41, 5.74) is 0. The summed E-state index contributed by atoms with van der Waals surface area (Å²) in [6, 6.07) is 0. The molecule has 0 aromatic carbocycles. The molecule has 4 saturated carbocycles. The van der Waals surface area contributed by atoms with Crippen molar-refractivity contribution < 1.29 is 4.74 Å². The van der Waals surface area contributed by atoms with E-state index in [1.54, 1.807) is 32.1 Å². The van der Waals surface area contributed by atoms with Crippen LogP contribution >= 0.6 is 0 Å². The monoisotopic (exact) mass is 204 g/mol. The topological polar surface area (TPSA) is 12.5 Å². The summed E-state index contributed by atoms with van der Waals surface area (Å²) in [6.07, 6.45) is 10.9. The van der Waals surface area contributed by atoms with E-state index in [9.17, 15) is 0 Å². The maximum Gasteiger partial charge on any atom is 0.0875 e. The average Bonchev–Trinajstić information content (AvgIpc) is 2.71. The lowest BCUT2D eigenvalue weighted by molar-refractivity contribution is 0.161. The van der Waals surface area contributed by atoms with Crippen molar-refractivity contribution in [1.29, 1.82) is 0 Å². The number of hydrogen-bond acceptors (Lipinski definition) is 1. The molecule has 1 saturated heterocycles. The van der Waals surface area contributed by atoms with Gasteiger partial charge < -0.3 is 4.74 Å². The molecule has 82 valence electrons. The van der Waals surface area contributed by atoms with Gasteiger partial charge >= 0.3 is 0 Å². The number of hydrogen-bond donors (Lipinski definition) is 0. The molecule has 1 aliphatic heterocycles. The zero-order chi connectivity index (χ0) is 9.57. The van der Waals surface area contributed by atoms with Gasteiger partial charge in [0.25, 0.3) is 0 Å². The molecule has 0 amide bonds. The molecule has 0 N–H and O–H groups in total. The summed E-state index contributed by atoms with van der Waals surface area (Å²) in [6.45, 7) is 0. The molecule has 0 radical (unpaired) electrons. The minimum atomic E-state index is 0.741. The molecular formula is C14H20O. The van der Waals surface area contributed by atoms with Gasteiger partial charge in [0, 0.05) is 0 Å². The van der Waals surface area contributed by atoms with Crippen molar-refractivity contribution in [2.24, 2.45) is 35.5 Å². The van der Waals surface area contributed by atoms with E-state index in [0.29, 0.717) is 0 Å². The Labute approximate surface area is 91.6 Å². The fraction of sp³-hybridized carbons (Fsp3) is 1.00. The van der Waals surface area contributed by atoms with Crippen LogP contribution < -0.4 is 0 Å². The molecule has 8 atom stereocenters. The van der Waals surface area contributed by atoms with Crippen molar-refractivity contribution in [3.8, 4) is 0 Å². The summed E-state index contributed by atoms with van der Waals surface area (Å²) in [4.78, 5) is 0. The van der Waals surface area contributed by atoms with Gasteiger partial charge in [0.1, 0.15) is 0 Å². The van der Waals surface area contributed by atoms with Crippen molar-refractivity contribution >= 4 is 0 Å². The first-order chi connectivity index (χ1) is 7.40. The van der Waals surface area contributed by atoms with Crippen LogP contribution in [0.3, 0.4) is 0 Å². The van der Waals surface area contributed by atoms with E-state index >= 15 is 0 Å². The molecule has 4 aliphatic carbocycles. The Kier molecular flexibility index (Phi) is 1.32. The first-order valence-electron chi connectivity index (χ1n) is 7.05. The summed E-state index contributed by atoms with van der Waals surface area (Å²) in [7, 11) is 0. The fourth-order valence-corrected chi connectivity index (χ4v) is 5.96. The zero-order valence-electron chi connectivity index (χ0n) is 9.27. The predicted octanol–water partition coefficient (Wildman–Crippen LogP) is 2.85. The van der Waals surface area contributed by atoms with Crippen molar-refractivity contribution in [3.63, 3.8) is 0 Å². The van der Waals surface area contributed by atoms with Crippen LogP contribution in [0, 0.1) is 35.5 Å². The number of epoxide rings is 1. The molecule has 5 rings (SSSR count). The van der Waals surface area contributed by atoms with Crippen molar-refractivity contribution in [2.75, 3.05) is 0 Å². The van der Waals surface area contributed by atoms with Gasteiger partial charge in [-0.2, -0.15) is 0 Å². The first kappa shape index (κ1) is 8.11. The third kappa shape index (κ3) is 0.906. The van der Waals surface area contributed by atoms with Gasteiger partial charge in [-0.1, -0.05) is 6.42 Å². The molecule has 8 unspecified atom stereocenters. The van der Waals surface area contributed by atoms with Crippen LogP contribution in [0.5, 0.6) is 0 Å². The predicted molar refractivity (Wildman–Crippen MR) is 57.3 cm³/mol. The van der Waals surface area contributed by atoms with Gasteiger partial charge in [-0.25, -0.2) is 0 Å². The van der Waals surface area contributed by atoms with Crippen LogP contribution in [0.25, 0.3) is 0 Å². The Balaban J connectivity index is 1.43. The van der Waals surface area contributed by atoms with E-state index < -0.39 is 0 Å². The molecule has 0 aromatic rings. The van der Waals surface area contributed by atoms with Crippen LogP contribution in [0.2, 0.25) is 0 Å². The van der Waals surface area contributed by atoms with Crippen LogP contribution in [0.1, 0.15) is 38.5 Å². The van der Waals surface area contributed by atoms with E-state index in [4.69, 9.17) is 4.74 Å². The number of ether oxygens (including phenoxy) is 1. The minimum absolute atomic E-state index is 0.741. The maximum atomic E-state index is 5.81. The van der Waals surface area contributed by atoms with Gasteiger partial charge in [-0.3, -0.25) is 0 Å². The lowest BCUT2D eigenvalue weighted by Crippen LogP contribution is -2.28. The second kappa shape index (κ2) is 2.45. The molecule has 5 aliphatic rings. The van der Waals surface area contributed by atoms with Crippen LogP contribution in [0.15, 0.2) is 0 Å². The fourth-order valence-electron chi connectivity index (χ4n) is 5.96. The molecule has 5 fully saturated rings. The van der Waals surface area contributed by atoms with Crippen LogP contribution in [-0.2, 0) is 4.74 Å². The highest BCUT2D eigenvalue weighted by Gasteiger charge is 2.65. The summed E-state index contributed by atoms with van der Waals surface area (Å²) in [5.74, 6) is 6.48. The molecule has 0 spiro atoms. The van der Waals surface area contributed by atoms with Crippen molar-refractivity contribution in [2.45, 2.75) is 50.7 Å². The van der Waals surface area contributed by atoms with Gasteiger partial charge in [-0.05, 0) is 67.6 Å². The van der Waals surface area contributed by atoms with Crippen molar-refractivity contribution in [1.82, 2.24) is 0 Å². The first-order valence-corrected chi connectivity index (χ1v) is 7.05. The smallest absolute Gasteiger partial charge is 0.0875 e. The molecule has 1 heterocycles. The zero-order valence-corrected chi connectivity index (χ0v) is 9.27. The Bertz CT molecular complexity index is 312. The van der Waals surface area contributed by atoms with Crippen molar-refractivity contribution in [3.05, 3.63) is 0 Å². The lowest BCUT2D eigenvalue weighted by atomic mass is 9.72. The Hall–Kier alpha value is -0.0400. The molecule has 15 heavy (non-hydrogen) atoms. The summed E-state index contributed by atoms with van der Waals surface area (Å²) in [5, 5.41) is 0. The van der Waals surface area contributed by atoms with E-state index in [0.717, 1.165) is 47.7 Å². The van der Waals surface area contributed by atoms with E-state index in [1.807, 2.05) is 0 Å². The second-order valence-electron chi connectivity index (χ2n) is 6.96. The third-order valence-corrected chi connectivity index (χ3v) is 6.49. The SMILES string of the molecule is C1CC2CC1CC2C1CC2CC1C1OC21. The largest absolute Gasteiger partial charge is 0.369 e. The lowest BCUT2D eigenvalue weighted by Gasteiger charge is -2.32. The highest BCUT2D eigenvalue weighted by Crippen LogP contribution is 2.64. The van der Waals surface area contributed by atoms with Gasteiger partial charge in [0.05, 0.1) is 12.2 Å². The molecular weight excluding hydrogens is 184 g/mol. The van der Waals surface area contributed by atoms with E-state index in [2.05, 4.69) is 0 Å². The average molecular weight is 204 g/mol. The standard InChI is InChI=1S/C14H20O/c1-2-8-3-7(1)4-10(8)11-5-9-6-12(11)14-13(9)15-14/h7-14H,1-6H2. The van der Waals surface area contributed by atoms with Gasteiger partial charge in [-0.15, -0.1) is 0 Å². The van der Waals surface area contributed by atoms with E-state index in [-0.39, 0.29) is 0 Å². The van der Waals surface area contributed by atoms with E-state index in [1.165, 1.54) is 6.42 Å². The van der Waals surface area contributed by atoms with Crippen LogP contribution in [-0.4, -0.2) is 12.2 Å². The Morgan fingerprint density at radius 1 is 0.667 bits per heavy atom. The summed E-state index contributed by atoms with van der Waals surface area (Å²) < 4.78 is 5.81. The number of fused-ring (bicyclic) bond motifs is 7. The van der Waals surface area contributed by atoms with Gasteiger partial charge in [0.15, 0.2) is 0 Å². The second-order valence-corrected chi connectivity index (χ2v) is 6.96. The summed E-state index contributed by atoms with van der Waals surface area (Å²) >= 11 is 0. The maximum absolute atomic E-state index is 5.81. The normalized spacial score (nSPS) is 68.8. The highest BCUT2D eigenvalue weighted by molar-refractivity contribution is 5.13. The molecule has 0 aromatic heterocycles. The third-order valence-electron chi connectivity index (χ3n) is 6.49. The highest BCUT2D eigenvalue weighted by atomic mass is 16.6. The Morgan fingerprint density at radius 2 is 1.60 bits per heavy atom. The Morgan fingerprint density at radius 3 is 2.27 bits per heavy atom. The number of rotatable bonds is 1.